The zero-order valence-corrected chi connectivity index (χ0v) is 19.3. The number of rotatable bonds is 5. The summed E-state index contributed by atoms with van der Waals surface area (Å²) in [5, 5.41) is 9.41. The molecule has 8 heteroatoms. The van der Waals surface area contributed by atoms with Gasteiger partial charge in [0.25, 0.3) is 0 Å². The highest BCUT2D eigenvalue weighted by atomic mass is 35.5. The number of carbonyl (C=O) groups excluding carboxylic acids is 1. The fourth-order valence-electron chi connectivity index (χ4n) is 3.11. The van der Waals surface area contributed by atoms with Crippen LogP contribution in [0.4, 0.5) is 20.7 Å². The third-order valence-corrected chi connectivity index (χ3v) is 4.82. The number of nitrogens with zero attached hydrogens (tertiary/aromatic N) is 2. The Bertz CT molecular complexity index is 1080. The van der Waals surface area contributed by atoms with Crippen LogP contribution in [0.5, 0.6) is 0 Å². The lowest BCUT2D eigenvalue weighted by atomic mass is 9.92. The average molecular weight is 446 g/mol. The molecule has 2 aromatic heterocycles. The van der Waals surface area contributed by atoms with E-state index in [0.717, 1.165) is 23.1 Å². The van der Waals surface area contributed by atoms with E-state index in [-0.39, 0.29) is 29.7 Å². The Morgan fingerprint density at radius 1 is 1.13 bits per heavy atom. The molecule has 0 aliphatic heterocycles. The van der Waals surface area contributed by atoms with Crippen molar-refractivity contribution < 1.29 is 9.18 Å². The summed E-state index contributed by atoms with van der Waals surface area (Å²) in [7, 11) is 1.79. The van der Waals surface area contributed by atoms with Gasteiger partial charge in [0.2, 0.25) is 0 Å². The highest BCUT2D eigenvalue weighted by Gasteiger charge is 2.14. The number of halogens is 2. The van der Waals surface area contributed by atoms with Crippen LogP contribution in [0.3, 0.4) is 0 Å². The van der Waals surface area contributed by atoms with Gasteiger partial charge in [0.1, 0.15) is 11.6 Å². The van der Waals surface area contributed by atoms with Gasteiger partial charge in [0.05, 0.1) is 5.52 Å². The smallest absolute Gasteiger partial charge is 0.319 e. The molecule has 3 N–H and O–H groups in total. The van der Waals surface area contributed by atoms with Crippen LogP contribution < -0.4 is 16.0 Å². The molecule has 0 spiro atoms. The van der Waals surface area contributed by atoms with Crippen molar-refractivity contribution in [3.63, 3.8) is 0 Å². The fraction of sp³-hybridized carbons (Fsp3) is 0.348. The van der Waals surface area contributed by atoms with Gasteiger partial charge in [-0.2, -0.15) is 0 Å². The lowest BCUT2D eigenvalue weighted by molar-refractivity contribution is 0.250. The van der Waals surface area contributed by atoms with Gasteiger partial charge in [-0.15, -0.1) is 12.4 Å². The minimum absolute atomic E-state index is 0. The Morgan fingerprint density at radius 3 is 2.55 bits per heavy atom. The molecule has 2 amide bonds. The lowest BCUT2D eigenvalue weighted by Crippen LogP contribution is -2.31. The lowest BCUT2D eigenvalue weighted by Gasteiger charge is -2.18. The van der Waals surface area contributed by atoms with E-state index >= 15 is 0 Å². The maximum absolute atomic E-state index is 14.6. The van der Waals surface area contributed by atoms with Crippen LogP contribution in [0.15, 0.2) is 36.5 Å². The van der Waals surface area contributed by atoms with Crippen molar-refractivity contribution in [2.45, 2.75) is 34.1 Å². The maximum atomic E-state index is 14.6. The van der Waals surface area contributed by atoms with E-state index in [4.69, 9.17) is 0 Å². The molecule has 0 bridgehead atoms. The topological polar surface area (TPSA) is 78.9 Å². The van der Waals surface area contributed by atoms with Crippen molar-refractivity contribution >= 4 is 40.8 Å². The maximum Gasteiger partial charge on any atom is 0.319 e. The van der Waals surface area contributed by atoms with Gasteiger partial charge >= 0.3 is 6.03 Å². The molecule has 0 saturated heterocycles. The number of benzene rings is 1. The minimum atomic E-state index is -0.377. The number of fused-ring (bicyclic) bond motifs is 1. The molecule has 2 heterocycles. The number of aryl methyl sites for hydroxylation is 1. The summed E-state index contributed by atoms with van der Waals surface area (Å²) in [6.45, 7) is 8.77. The summed E-state index contributed by atoms with van der Waals surface area (Å²) >= 11 is 0. The molecule has 0 saturated carbocycles. The quantitative estimate of drug-likeness (QED) is 0.466. The zero-order valence-electron chi connectivity index (χ0n) is 18.5. The largest absolute Gasteiger partial charge is 0.373 e. The van der Waals surface area contributed by atoms with Crippen molar-refractivity contribution in [1.29, 1.82) is 0 Å². The van der Waals surface area contributed by atoms with E-state index in [1.165, 1.54) is 6.07 Å². The molecule has 0 unspecified atom stereocenters. The summed E-state index contributed by atoms with van der Waals surface area (Å²) in [6, 6.07) is 7.94. The molecule has 3 rings (SSSR count). The van der Waals surface area contributed by atoms with Gasteiger partial charge < -0.3 is 16.0 Å². The molecule has 6 nitrogen and oxygen atoms in total. The predicted octanol–water partition coefficient (Wildman–Crippen LogP) is 5.77. The van der Waals surface area contributed by atoms with E-state index in [2.05, 4.69) is 46.7 Å². The number of hydrogen-bond acceptors (Lipinski definition) is 4. The number of anilines is 2. The van der Waals surface area contributed by atoms with Crippen molar-refractivity contribution in [1.82, 2.24) is 15.3 Å². The van der Waals surface area contributed by atoms with E-state index in [0.29, 0.717) is 29.1 Å². The third kappa shape index (κ3) is 6.28. The second-order valence-corrected chi connectivity index (χ2v) is 8.52. The van der Waals surface area contributed by atoms with Crippen LogP contribution in [-0.2, 0) is 0 Å². The van der Waals surface area contributed by atoms with E-state index < -0.39 is 0 Å². The van der Waals surface area contributed by atoms with E-state index in [1.54, 1.807) is 25.4 Å². The zero-order chi connectivity index (χ0) is 21.9. The molecule has 0 radical (unpaired) electrons. The molecule has 0 fully saturated rings. The molecule has 1 aromatic carbocycles. The molecule has 166 valence electrons. The average Bonchev–Trinajstić information content (AvgIpc) is 2.67. The highest BCUT2D eigenvalue weighted by molar-refractivity contribution is 5.91. The Hall–Kier alpha value is -2.93. The molecular weight excluding hydrogens is 417 g/mol. The SMILES string of the molecule is CNc1cc2nc(C)c(-c3cc(NC(=O)NCCC(C)(C)C)ccc3F)cc2cn1.Cl. The van der Waals surface area contributed by atoms with Gasteiger partial charge in [-0.3, -0.25) is 4.98 Å². The number of amides is 2. The molecule has 0 aliphatic carbocycles. The van der Waals surface area contributed by atoms with Gasteiger partial charge in [-0.25, -0.2) is 14.2 Å². The van der Waals surface area contributed by atoms with E-state index in [9.17, 15) is 9.18 Å². The normalized spacial score (nSPS) is 11.0. The third-order valence-electron chi connectivity index (χ3n) is 4.82. The fourth-order valence-corrected chi connectivity index (χ4v) is 3.11. The van der Waals surface area contributed by atoms with Crippen LogP contribution in [0.25, 0.3) is 22.0 Å². The number of urea groups is 1. The number of hydrogen-bond donors (Lipinski definition) is 3. The standard InChI is InChI=1S/C23H28FN5O.ClH/c1-14-17(10-15-13-27-21(25-5)12-20(15)28-14)18-11-16(6-7-19(18)24)29-22(30)26-9-8-23(2,3)4;/h6-7,10-13H,8-9H2,1-5H3,(H,25,27)(H2,26,29,30);1H. The summed E-state index contributed by atoms with van der Waals surface area (Å²) in [4.78, 5) is 21.1. The molecule has 0 aliphatic rings. The van der Waals surface area contributed by atoms with Gasteiger partial charge in [-0.05, 0) is 43.0 Å². The first-order valence-corrected chi connectivity index (χ1v) is 9.96. The highest BCUT2D eigenvalue weighted by Crippen LogP contribution is 2.31. The van der Waals surface area contributed by atoms with Crippen LogP contribution in [0, 0.1) is 18.2 Å². The van der Waals surface area contributed by atoms with Crippen molar-refractivity contribution in [2.75, 3.05) is 24.2 Å². The summed E-state index contributed by atoms with van der Waals surface area (Å²) in [6.07, 6.45) is 2.57. The monoisotopic (exact) mass is 445 g/mol. The molecule has 0 atom stereocenters. The second-order valence-electron chi connectivity index (χ2n) is 8.52. The number of aromatic nitrogens is 2. The van der Waals surface area contributed by atoms with Crippen molar-refractivity contribution in [3.05, 3.63) is 48.0 Å². The second kappa shape index (κ2) is 9.92. The minimum Gasteiger partial charge on any atom is -0.373 e. The Balaban J connectivity index is 0.00000341. The Labute approximate surface area is 188 Å². The molecule has 3 aromatic rings. The Kier molecular flexibility index (Phi) is 7.79. The summed E-state index contributed by atoms with van der Waals surface area (Å²) in [5.41, 5.74) is 3.18. The van der Waals surface area contributed by atoms with Gasteiger partial charge in [0, 0.05) is 53.8 Å². The number of nitrogens with one attached hydrogen (secondary N) is 3. The predicted molar refractivity (Wildman–Crippen MR) is 128 cm³/mol. The van der Waals surface area contributed by atoms with Crippen molar-refractivity contribution in [3.8, 4) is 11.1 Å². The van der Waals surface area contributed by atoms with Gasteiger partial charge in [-0.1, -0.05) is 20.8 Å². The number of carbonyl (C=O) groups is 1. The first-order chi connectivity index (χ1) is 14.2. The first kappa shape index (κ1) is 24.3. The molecule has 31 heavy (non-hydrogen) atoms. The van der Waals surface area contributed by atoms with Crippen LogP contribution in [-0.4, -0.2) is 29.6 Å². The Morgan fingerprint density at radius 2 is 1.87 bits per heavy atom. The van der Waals surface area contributed by atoms with Crippen molar-refractivity contribution in [2.24, 2.45) is 5.41 Å². The summed E-state index contributed by atoms with van der Waals surface area (Å²) < 4.78 is 14.6. The summed E-state index contributed by atoms with van der Waals surface area (Å²) in [5.74, 6) is 0.342. The van der Waals surface area contributed by atoms with E-state index in [1.807, 2.05) is 19.1 Å². The number of pyridine rings is 2. The van der Waals surface area contributed by atoms with Crippen LogP contribution in [0.1, 0.15) is 32.9 Å². The van der Waals surface area contributed by atoms with Gasteiger partial charge in [0.15, 0.2) is 0 Å². The van der Waals surface area contributed by atoms with Crippen LogP contribution in [0.2, 0.25) is 0 Å². The first-order valence-electron chi connectivity index (χ1n) is 9.96. The van der Waals surface area contributed by atoms with Crippen LogP contribution >= 0.6 is 12.4 Å². The molecular formula is C23H29ClFN5O.